The lowest BCUT2D eigenvalue weighted by Gasteiger charge is -2.35. The number of carbonyl (C=O) groups is 1. The van der Waals surface area contributed by atoms with E-state index in [9.17, 15) is 4.79 Å². The first-order chi connectivity index (χ1) is 9.11. The van der Waals surface area contributed by atoms with E-state index >= 15 is 0 Å². The van der Waals surface area contributed by atoms with Gasteiger partial charge in [-0.3, -0.25) is 9.78 Å². The van der Waals surface area contributed by atoms with Crippen LogP contribution in [0.2, 0.25) is 0 Å². The molecule has 0 aliphatic carbocycles. The molecule has 0 saturated carbocycles. The van der Waals surface area contributed by atoms with Gasteiger partial charge in [0.05, 0.1) is 12.4 Å². The summed E-state index contributed by atoms with van der Waals surface area (Å²) in [6, 6.07) is 0.256. The van der Waals surface area contributed by atoms with Gasteiger partial charge in [-0.1, -0.05) is 0 Å². The number of nitrogens with one attached hydrogen (secondary N) is 1. The average molecular weight is 263 g/mol. The average Bonchev–Trinajstić information content (AvgIpc) is 2.45. The van der Waals surface area contributed by atoms with Crippen molar-refractivity contribution in [1.82, 2.24) is 19.8 Å². The van der Waals surface area contributed by atoms with Crippen LogP contribution < -0.4 is 5.32 Å². The van der Waals surface area contributed by atoms with Crippen molar-refractivity contribution in [2.24, 2.45) is 0 Å². The number of amides is 1. The van der Waals surface area contributed by atoms with Gasteiger partial charge in [0.25, 0.3) is 5.91 Å². The van der Waals surface area contributed by atoms with Crippen LogP contribution in [-0.4, -0.2) is 65.9 Å². The largest absolute Gasteiger partial charge is 0.372 e. The summed E-state index contributed by atoms with van der Waals surface area (Å²) in [6.07, 6.45) is 5.30. The highest BCUT2D eigenvalue weighted by atomic mass is 16.2. The van der Waals surface area contributed by atoms with Gasteiger partial charge in [-0.2, -0.15) is 0 Å². The molecule has 1 saturated heterocycles. The van der Waals surface area contributed by atoms with E-state index in [0.717, 1.165) is 25.9 Å². The lowest BCUT2D eigenvalue weighted by atomic mass is 10.0. The highest BCUT2D eigenvalue weighted by Crippen LogP contribution is 2.15. The fraction of sp³-hybridized carbons (Fsp3) is 0.615. The molecule has 1 aliphatic heterocycles. The fourth-order valence-corrected chi connectivity index (χ4v) is 2.39. The zero-order valence-electron chi connectivity index (χ0n) is 11.8. The topological polar surface area (TPSA) is 61.4 Å². The van der Waals surface area contributed by atoms with Crippen LogP contribution in [0.1, 0.15) is 23.3 Å². The van der Waals surface area contributed by atoms with Gasteiger partial charge in [-0.25, -0.2) is 4.98 Å². The van der Waals surface area contributed by atoms with Crippen molar-refractivity contribution in [3.63, 3.8) is 0 Å². The number of rotatable bonds is 3. The summed E-state index contributed by atoms with van der Waals surface area (Å²) in [5.74, 6) is 0.546. The number of likely N-dealkylation sites (N-methyl/N-ethyl adjacent to an activating group) is 2. The molecule has 1 fully saturated rings. The molecule has 1 aliphatic rings. The molecule has 0 bridgehead atoms. The maximum atomic E-state index is 12.4. The number of aromatic nitrogens is 2. The molecule has 1 unspecified atom stereocenters. The fourth-order valence-electron chi connectivity index (χ4n) is 2.39. The zero-order chi connectivity index (χ0) is 13.8. The standard InChI is InChI=1S/C13H21N5O/c1-14-12-8-15-7-11(16-12)13(19)18(3)10-5-4-6-17(2)9-10/h7-8,10H,4-6,9H2,1-3H3,(H,14,16). The third-order valence-corrected chi connectivity index (χ3v) is 3.58. The van der Waals surface area contributed by atoms with Crippen molar-refractivity contribution in [1.29, 1.82) is 0 Å². The van der Waals surface area contributed by atoms with Crippen molar-refractivity contribution in [3.05, 3.63) is 18.1 Å². The van der Waals surface area contributed by atoms with Crippen molar-refractivity contribution in [2.45, 2.75) is 18.9 Å². The Labute approximate surface area is 113 Å². The van der Waals surface area contributed by atoms with E-state index in [1.54, 1.807) is 18.1 Å². The Morgan fingerprint density at radius 1 is 1.53 bits per heavy atom. The first-order valence-corrected chi connectivity index (χ1v) is 6.57. The molecule has 1 aromatic rings. The second-order valence-electron chi connectivity index (χ2n) is 5.01. The molecule has 1 aromatic heterocycles. The van der Waals surface area contributed by atoms with Crippen LogP contribution >= 0.6 is 0 Å². The molecule has 2 rings (SSSR count). The van der Waals surface area contributed by atoms with Crippen LogP contribution in [0.3, 0.4) is 0 Å². The Hall–Kier alpha value is -1.69. The van der Waals surface area contributed by atoms with Crippen molar-refractivity contribution >= 4 is 11.7 Å². The highest BCUT2D eigenvalue weighted by molar-refractivity contribution is 5.92. The van der Waals surface area contributed by atoms with Gasteiger partial charge in [0, 0.05) is 26.7 Å². The Balaban J connectivity index is 2.09. The SMILES string of the molecule is CNc1cncc(C(=O)N(C)C2CCCN(C)C2)n1. The minimum Gasteiger partial charge on any atom is -0.372 e. The normalized spacial score (nSPS) is 20.1. The Kier molecular flexibility index (Phi) is 4.31. The summed E-state index contributed by atoms with van der Waals surface area (Å²) in [4.78, 5) is 24.7. The van der Waals surface area contributed by atoms with Crippen LogP contribution in [-0.2, 0) is 0 Å². The minimum atomic E-state index is -0.0649. The van der Waals surface area contributed by atoms with Crippen LogP contribution in [0, 0.1) is 0 Å². The number of nitrogens with zero attached hydrogens (tertiary/aromatic N) is 4. The summed E-state index contributed by atoms with van der Waals surface area (Å²) in [5, 5.41) is 2.90. The lowest BCUT2D eigenvalue weighted by Crippen LogP contribution is -2.47. The predicted octanol–water partition coefficient (Wildman–Crippen LogP) is 0.684. The number of carbonyl (C=O) groups excluding carboxylic acids is 1. The summed E-state index contributed by atoms with van der Waals surface area (Å²) in [7, 11) is 5.70. The number of piperidine rings is 1. The van der Waals surface area contributed by atoms with E-state index in [1.165, 1.54) is 6.20 Å². The summed E-state index contributed by atoms with van der Waals surface area (Å²) in [5.41, 5.74) is 0.391. The molecular weight excluding hydrogens is 242 g/mol. The van der Waals surface area contributed by atoms with Crippen LogP contribution in [0.15, 0.2) is 12.4 Å². The van der Waals surface area contributed by atoms with Gasteiger partial charge >= 0.3 is 0 Å². The van der Waals surface area contributed by atoms with Crippen LogP contribution in [0.4, 0.5) is 5.82 Å². The smallest absolute Gasteiger partial charge is 0.274 e. The molecule has 1 amide bonds. The van der Waals surface area contributed by atoms with Gasteiger partial charge in [0.1, 0.15) is 11.5 Å². The third kappa shape index (κ3) is 3.20. The molecule has 1 N–H and O–H groups in total. The maximum absolute atomic E-state index is 12.4. The third-order valence-electron chi connectivity index (χ3n) is 3.58. The van der Waals surface area contributed by atoms with Crippen LogP contribution in [0.25, 0.3) is 0 Å². The van der Waals surface area contributed by atoms with E-state index in [0.29, 0.717) is 11.5 Å². The first kappa shape index (κ1) is 13.7. The molecule has 1 atom stereocenters. The Morgan fingerprint density at radius 3 is 3.00 bits per heavy atom. The number of likely N-dealkylation sites (tertiary alicyclic amines) is 1. The van der Waals surface area contributed by atoms with Crippen molar-refractivity contribution < 1.29 is 4.79 Å². The van der Waals surface area contributed by atoms with E-state index in [2.05, 4.69) is 27.2 Å². The van der Waals surface area contributed by atoms with E-state index < -0.39 is 0 Å². The quantitative estimate of drug-likeness (QED) is 0.869. The van der Waals surface area contributed by atoms with Gasteiger partial charge in [-0.05, 0) is 26.4 Å². The zero-order valence-corrected chi connectivity index (χ0v) is 11.8. The van der Waals surface area contributed by atoms with Crippen molar-refractivity contribution in [3.8, 4) is 0 Å². The number of anilines is 1. The highest BCUT2D eigenvalue weighted by Gasteiger charge is 2.26. The molecule has 6 nitrogen and oxygen atoms in total. The van der Waals surface area contributed by atoms with E-state index in [4.69, 9.17) is 0 Å². The number of hydrogen-bond acceptors (Lipinski definition) is 5. The number of hydrogen-bond donors (Lipinski definition) is 1. The molecule has 2 heterocycles. The van der Waals surface area contributed by atoms with E-state index in [1.807, 2.05) is 7.05 Å². The minimum absolute atomic E-state index is 0.0649. The first-order valence-electron chi connectivity index (χ1n) is 6.57. The van der Waals surface area contributed by atoms with Gasteiger partial charge < -0.3 is 15.1 Å². The lowest BCUT2D eigenvalue weighted by molar-refractivity contribution is 0.0638. The maximum Gasteiger partial charge on any atom is 0.274 e. The molecular formula is C13H21N5O. The monoisotopic (exact) mass is 263 g/mol. The molecule has 0 spiro atoms. The molecule has 0 aromatic carbocycles. The Bertz CT molecular complexity index is 450. The van der Waals surface area contributed by atoms with Crippen molar-refractivity contribution in [2.75, 3.05) is 39.5 Å². The molecule has 0 radical (unpaired) electrons. The molecule has 19 heavy (non-hydrogen) atoms. The predicted molar refractivity (Wildman–Crippen MR) is 74.2 cm³/mol. The van der Waals surface area contributed by atoms with Crippen LogP contribution in [0.5, 0.6) is 0 Å². The van der Waals surface area contributed by atoms with E-state index in [-0.39, 0.29) is 11.9 Å². The molecule has 6 heteroatoms. The second kappa shape index (κ2) is 5.97. The second-order valence-corrected chi connectivity index (χ2v) is 5.01. The summed E-state index contributed by atoms with van der Waals surface area (Å²) in [6.45, 7) is 2.02. The summed E-state index contributed by atoms with van der Waals surface area (Å²) >= 11 is 0. The summed E-state index contributed by atoms with van der Waals surface area (Å²) < 4.78 is 0. The molecule has 104 valence electrons. The Morgan fingerprint density at radius 2 is 2.32 bits per heavy atom. The van der Waals surface area contributed by atoms with Gasteiger partial charge in [0.2, 0.25) is 0 Å². The van der Waals surface area contributed by atoms with Gasteiger partial charge in [0.15, 0.2) is 0 Å². The van der Waals surface area contributed by atoms with Gasteiger partial charge in [-0.15, -0.1) is 0 Å².